The number of hydrogen-bond donors (Lipinski definition) is 1. The van der Waals surface area contributed by atoms with E-state index >= 15 is 0 Å². The molecule has 0 aliphatic heterocycles. The van der Waals surface area contributed by atoms with Crippen LogP contribution < -0.4 is 10.6 Å². The molecule has 0 aliphatic carbocycles. The standard InChI is InChI=1S/C15H20N4/c1-3-7-19(15-17-9-12(2)10-18-15)11-13-5-4-6-14(16)8-13/h4-6,8-10H,3,7,11,16H2,1-2H3. The maximum Gasteiger partial charge on any atom is 0.225 e. The van der Waals surface area contributed by atoms with Crippen molar-refractivity contribution in [3.05, 3.63) is 47.8 Å². The smallest absolute Gasteiger partial charge is 0.225 e. The van der Waals surface area contributed by atoms with E-state index in [0.717, 1.165) is 36.7 Å². The molecular weight excluding hydrogens is 236 g/mol. The molecule has 0 amide bonds. The second-order valence-electron chi connectivity index (χ2n) is 4.73. The Kier molecular flexibility index (Phi) is 4.34. The van der Waals surface area contributed by atoms with Gasteiger partial charge in [0.25, 0.3) is 0 Å². The Morgan fingerprint density at radius 3 is 2.58 bits per heavy atom. The Morgan fingerprint density at radius 2 is 1.95 bits per heavy atom. The van der Waals surface area contributed by atoms with Gasteiger partial charge in [0, 0.05) is 31.2 Å². The third-order valence-corrected chi connectivity index (χ3v) is 2.87. The highest BCUT2D eigenvalue weighted by molar-refractivity contribution is 5.42. The van der Waals surface area contributed by atoms with E-state index in [9.17, 15) is 0 Å². The van der Waals surface area contributed by atoms with Crippen LogP contribution in [0, 0.1) is 6.92 Å². The summed E-state index contributed by atoms with van der Waals surface area (Å²) in [6.07, 6.45) is 4.76. The molecule has 2 N–H and O–H groups in total. The molecule has 1 aromatic carbocycles. The van der Waals surface area contributed by atoms with Gasteiger partial charge in [-0.2, -0.15) is 0 Å². The average Bonchev–Trinajstić information content (AvgIpc) is 2.39. The van der Waals surface area contributed by atoms with Crippen LogP contribution in [-0.2, 0) is 6.54 Å². The van der Waals surface area contributed by atoms with Crippen molar-refractivity contribution in [1.82, 2.24) is 9.97 Å². The molecule has 0 saturated carbocycles. The predicted octanol–water partition coefficient (Wildman–Crippen LogP) is 2.78. The number of hydrogen-bond acceptors (Lipinski definition) is 4. The van der Waals surface area contributed by atoms with Gasteiger partial charge < -0.3 is 10.6 Å². The molecule has 0 radical (unpaired) electrons. The van der Waals surface area contributed by atoms with Crippen molar-refractivity contribution in [3.63, 3.8) is 0 Å². The molecule has 0 saturated heterocycles. The van der Waals surface area contributed by atoms with E-state index in [1.807, 2.05) is 37.5 Å². The minimum Gasteiger partial charge on any atom is -0.399 e. The van der Waals surface area contributed by atoms with Gasteiger partial charge in [0.1, 0.15) is 0 Å². The molecule has 19 heavy (non-hydrogen) atoms. The van der Waals surface area contributed by atoms with Gasteiger partial charge in [0.2, 0.25) is 5.95 Å². The fourth-order valence-corrected chi connectivity index (χ4v) is 1.98. The summed E-state index contributed by atoms with van der Waals surface area (Å²) < 4.78 is 0. The number of anilines is 2. The number of aryl methyl sites for hydroxylation is 1. The maximum atomic E-state index is 5.82. The highest BCUT2D eigenvalue weighted by Gasteiger charge is 2.09. The lowest BCUT2D eigenvalue weighted by Gasteiger charge is -2.22. The van der Waals surface area contributed by atoms with Gasteiger partial charge in [-0.05, 0) is 36.6 Å². The first-order valence-electron chi connectivity index (χ1n) is 6.57. The van der Waals surface area contributed by atoms with E-state index in [-0.39, 0.29) is 0 Å². The molecule has 2 aromatic rings. The van der Waals surface area contributed by atoms with Crippen LogP contribution in [0.1, 0.15) is 24.5 Å². The van der Waals surface area contributed by atoms with Crippen LogP contribution >= 0.6 is 0 Å². The second-order valence-corrected chi connectivity index (χ2v) is 4.73. The molecule has 0 atom stereocenters. The molecule has 0 unspecified atom stereocenters. The van der Waals surface area contributed by atoms with Gasteiger partial charge in [-0.3, -0.25) is 0 Å². The first-order chi connectivity index (χ1) is 9.19. The van der Waals surface area contributed by atoms with E-state index < -0.39 is 0 Å². The Hall–Kier alpha value is -2.10. The monoisotopic (exact) mass is 256 g/mol. The van der Waals surface area contributed by atoms with E-state index in [2.05, 4.69) is 27.9 Å². The van der Waals surface area contributed by atoms with Crippen molar-refractivity contribution in [2.75, 3.05) is 17.2 Å². The van der Waals surface area contributed by atoms with Crippen LogP contribution in [0.2, 0.25) is 0 Å². The quantitative estimate of drug-likeness (QED) is 0.836. The van der Waals surface area contributed by atoms with Crippen molar-refractivity contribution in [2.24, 2.45) is 0 Å². The minimum absolute atomic E-state index is 0.773. The third kappa shape index (κ3) is 3.68. The topological polar surface area (TPSA) is 55.0 Å². The highest BCUT2D eigenvalue weighted by Crippen LogP contribution is 2.14. The van der Waals surface area contributed by atoms with Crippen LogP contribution in [0.5, 0.6) is 0 Å². The minimum atomic E-state index is 0.773. The van der Waals surface area contributed by atoms with Gasteiger partial charge in [0.05, 0.1) is 0 Å². The number of nitrogens with two attached hydrogens (primary N) is 1. The summed E-state index contributed by atoms with van der Waals surface area (Å²) in [6.45, 7) is 5.85. The van der Waals surface area contributed by atoms with Crippen molar-refractivity contribution in [2.45, 2.75) is 26.8 Å². The molecule has 1 aromatic heterocycles. The number of benzene rings is 1. The lowest BCUT2D eigenvalue weighted by atomic mass is 10.2. The van der Waals surface area contributed by atoms with E-state index in [4.69, 9.17) is 5.73 Å². The van der Waals surface area contributed by atoms with Crippen LogP contribution in [0.15, 0.2) is 36.7 Å². The molecule has 0 aliphatic rings. The lowest BCUT2D eigenvalue weighted by Crippen LogP contribution is -2.25. The van der Waals surface area contributed by atoms with Gasteiger partial charge in [-0.15, -0.1) is 0 Å². The number of nitrogens with zero attached hydrogens (tertiary/aromatic N) is 3. The number of nitrogen functional groups attached to an aromatic ring is 1. The normalized spacial score (nSPS) is 10.4. The summed E-state index contributed by atoms with van der Waals surface area (Å²) in [5, 5.41) is 0. The molecule has 4 heteroatoms. The summed E-state index contributed by atoms with van der Waals surface area (Å²) >= 11 is 0. The zero-order valence-corrected chi connectivity index (χ0v) is 11.5. The van der Waals surface area contributed by atoms with Crippen molar-refractivity contribution in [3.8, 4) is 0 Å². The Labute approximate surface area is 114 Å². The lowest BCUT2D eigenvalue weighted by molar-refractivity contribution is 0.738. The largest absolute Gasteiger partial charge is 0.399 e. The molecule has 100 valence electrons. The predicted molar refractivity (Wildman–Crippen MR) is 79.0 cm³/mol. The maximum absolute atomic E-state index is 5.82. The van der Waals surface area contributed by atoms with Gasteiger partial charge >= 0.3 is 0 Å². The van der Waals surface area contributed by atoms with Gasteiger partial charge in [-0.1, -0.05) is 19.1 Å². The summed E-state index contributed by atoms with van der Waals surface area (Å²) in [7, 11) is 0. The summed E-state index contributed by atoms with van der Waals surface area (Å²) in [5.74, 6) is 0.773. The summed E-state index contributed by atoms with van der Waals surface area (Å²) in [6, 6.07) is 7.95. The highest BCUT2D eigenvalue weighted by atomic mass is 15.2. The zero-order valence-electron chi connectivity index (χ0n) is 11.5. The number of rotatable bonds is 5. The average molecular weight is 256 g/mol. The van der Waals surface area contributed by atoms with Crippen LogP contribution in [0.4, 0.5) is 11.6 Å². The van der Waals surface area contributed by atoms with Crippen LogP contribution in [0.25, 0.3) is 0 Å². The van der Waals surface area contributed by atoms with E-state index in [0.29, 0.717) is 0 Å². The first-order valence-corrected chi connectivity index (χ1v) is 6.57. The summed E-state index contributed by atoms with van der Waals surface area (Å²) in [5.41, 5.74) is 8.86. The van der Waals surface area contributed by atoms with E-state index in [1.54, 1.807) is 0 Å². The van der Waals surface area contributed by atoms with Crippen molar-refractivity contribution in [1.29, 1.82) is 0 Å². The Balaban J connectivity index is 2.18. The molecule has 1 heterocycles. The van der Waals surface area contributed by atoms with Crippen LogP contribution in [-0.4, -0.2) is 16.5 Å². The Morgan fingerprint density at radius 1 is 1.21 bits per heavy atom. The molecule has 0 fully saturated rings. The fraction of sp³-hybridized carbons (Fsp3) is 0.333. The Bertz CT molecular complexity index is 522. The zero-order chi connectivity index (χ0) is 13.7. The molecular formula is C15H20N4. The second kappa shape index (κ2) is 6.18. The molecule has 4 nitrogen and oxygen atoms in total. The molecule has 0 bridgehead atoms. The van der Waals surface area contributed by atoms with Crippen molar-refractivity contribution < 1.29 is 0 Å². The van der Waals surface area contributed by atoms with Crippen LogP contribution in [0.3, 0.4) is 0 Å². The number of aromatic nitrogens is 2. The SMILES string of the molecule is CCCN(Cc1cccc(N)c1)c1ncc(C)cn1. The molecule has 2 rings (SSSR count). The third-order valence-electron chi connectivity index (χ3n) is 2.87. The van der Waals surface area contributed by atoms with E-state index in [1.165, 1.54) is 5.56 Å². The molecule has 0 spiro atoms. The fourth-order valence-electron chi connectivity index (χ4n) is 1.98. The summed E-state index contributed by atoms with van der Waals surface area (Å²) in [4.78, 5) is 11.0. The van der Waals surface area contributed by atoms with Gasteiger partial charge in [0.15, 0.2) is 0 Å². The first kappa shape index (κ1) is 13.3. The van der Waals surface area contributed by atoms with Gasteiger partial charge in [-0.25, -0.2) is 9.97 Å². The van der Waals surface area contributed by atoms with Crippen molar-refractivity contribution >= 4 is 11.6 Å².